The molecule has 1 unspecified atom stereocenters. The Kier molecular flexibility index (Phi) is 6.54. The van der Waals surface area contributed by atoms with Gasteiger partial charge in [-0.1, -0.05) is 23.7 Å². The third-order valence-electron chi connectivity index (χ3n) is 4.24. The van der Waals surface area contributed by atoms with E-state index in [1.165, 1.54) is 0 Å². The zero-order valence-electron chi connectivity index (χ0n) is 15.3. The van der Waals surface area contributed by atoms with E-state index >= 15 is 0 Å². The highest BCUT2D eigenvalue weighted by Gasteiger charge is 2.24. The summed E-state index contributed by atoms with van der Waals surface area (Å²) in [5.74, 6) is 0. The Balaban J connectivity index is 1.63. The number of ether oxygens (including phenoxy) is 1. The zero-order valence-corrected chi connectivity index (χ0v) is 16.9. The lowest BCUT2D eigenvalue weighted by molar-refractivity contribution is -0.0164. The Morgan fingerprint density at radius 2 is 2.22 bits per heavy atom. The minimum Gasteiger partial charge on any atom is -0.373 e. The number of benzene rings is 1. The monoisotopic (exact) mass is 406 g/mol. The van der Waals surface area contributed by atoms with Crippen molar-refractivity contribution in [2.75, 3.05) is 40.3 Å². The fraction of sp³-hybridized carbons (Fsp3) is 0.389. The highest BCUT2D eigenvalue weighted by atomic mass is 35.5. The fourth-order valence-electron chi connectivity index (χ4n) is 2.93. The van der Waals surface area contributed by atoms with E-state index in [-0.39, 0.29) is 11.1 Å². The number of thioether (sulfide) groups is 1. The van der Waals surface area contributed by atoms with Crippen LogP contribution in [0, 0.1) is 10.8 Å². The third kappa shape index (κ3) is 5.10. The maximum Gasteiger partial charge on any atom is 0.162 e. The molecule has 27 heavy (non-hydrogen) atoms. The number of likely N-dealkylation sites (N-methyl/N-ethyl adjacent to an activating group) is 1. The number of hydrogen-bond donors (Lipinski definition) is 3. The molecule has 1 atom stereocenters. The molecule has 0 amide bonds. The van der Waals surface area contributed by atoms with Crippen molar-refractivity contribution in [1.82, 2.24) is 20.0 Å². The van der Waals surface area contributed by atoms with Crippen LogP contribution in [0.15, 0.2) is 30.6 Å². The first-order chi connectivity index (χ1) is 12.9. The van der Waals surface area contributed by atoms with Crippen molar-refractivity contribution in [2.24, 2.45) is 0 Å². The van der Waals surface area contributed by atoms with Gasteiger partial charge in [-0.25, -0.2) is 0 Å². The molecule has 1 saturated heterocycles. The standard InChI is InChI=1S/C18H23ClN6OS/c1-24(2)10-14-11-25(5-6-26-14)18(21)27-17(20)15-4-3-12(7-16(15)19)13-8-22-23-9-13/h3-4,7-9,14,20-21H,5-6,10-11H2,1-2H3,(H,22,23). The maximum absolute atomic E-state index is 8.39. The van der Waals surface area contributed by atoms with E-state index in [0.29, 0.717) is 35.5 Å². The van der Waals surface area contributed by atoms with Gasteiger partial charge in [-0.2, -0.15) is 5.10 Å². The average Bonchev–Trinajstić information content (AvgIpc) is 3.15. The third-order valence-corrected chi connectivity index (χ3v) is 5.43. The second-order valence-corrected chi connectivity index (χ2v) is 8.03. The van der Waals surface area contributed by atoms with Crippen LogP contribution in [-0.2, 0) is 4.74 Å². The molecule has 1 aliphatic heterocycles. The quantitative estimate of drug-likeness (QED) is 0.536. The molecular formula is C18H23ClN6OS. The van der Waals surface area contributed by atoms with Crippen LogP contribution in [0.25, 0.3) is 11.1 Å². The summed E-state index contributed by atoms with van der Waals surface area (Å²) in [4.78, 5) is 4.04. The van der Waals surface area contributed by atoms with Gasteiger partial charge in [0.15, 0.2) is 5.17 Å². The number of rotatable bonds is 4. The van der Waals surface area contributed by atoms with Crippen molar-refractivity contribution >= 4 is 33.6 Å². The van der Waals surface area contributed by atoms with Gasteiger partial charge < -0.3 is 14.5 Å². The first kappa shape index (κ1) is 19.9. The molecular weight excluding hydrogens is 384 g/mol. The van der Waals surface area contributed by atoms with Gasteiger partial charge in [-0.15, -0.1) is 0 Å². The van der Waals surface area contributed by atoms with Crippen LogP contribution in [0.4, 0.5) is 0 Å². The first-order valence-electron chi connectivity index (χ1n) is 8.59. The number of morpholine rings is 1. The molecule has 9 heteroatoms. The van der Waals surface area contributed by atoms with Crippen LogP contribution < -0.4 is 0 Å². The van der Waals surface area contributed by atoms with Crippen LogP contribution in [0.1, 0.15) is 5.56 Å². The Bertz CT molecular complexity index is 810. The average molecular weight is 407 g/mol. The summed E-state index contributed by atoms with van der Waals surface area (Å²) >= 11 is 7.51. The molecule has 1 fully saturated rings. The van der Waals surface area contributed by atoms with E-state index in [0.717, 1.165) is 29.4 Å². The molecule has 2 aromatic rings. The van der Waals surface area contributed by atoms with Crippen LogP contribution in [-0.4, -0.2) is 76.6 Å². The van der Waals surface area contributed by atoms with Crippen LogP contribution >= 0.6 is 23.4 Å². The highest BCUT2D eigenvalue weighted by molar-refractivity contribution is 8.26. The number of H-pyrrole nitrogens is 1. The van der Waals surface area contributed by atoms with E-state index < -0.39 is 0 Å². The first-order valence-corrected chi connectivity index (χ1v) is 9.79. The van der Waals surface area contributed by atoms with E-state index in [1.54, 1.807) is 12.4 Å². The molecule has 1 aliphatic rings. The highest BCUT2D eigenvalue weighted by Crippen LogP contribution is 2.28. The van der Waals surface area contributed by atoms with Gasteiger partial charge in [-0.05, 0) is 37.5 Å². The van der Waals surface area contributed by atoms with Crippen LogP contribution in [0.5, 0.6) is 0 Å². The van der Waals surface area contributed by atoms with Gasteiger partial charge in [0, 0.05) is 37.0 Å². The Hall–Kier alpha value is -1.87. The number of aromatic amines is 1. The molecule has 2 heterocycles. The molecule has 7 nitrogen and oxygen atoms in total. The summed E-state index contributed by atoms with van der Waals surface area (Å²) in [6, 6.07) is 5.55. The Morgan fingerprint density at radius 3 is 2.89 bits per heavy atom. The van der Waals surface area contributed by atoms with Gasteiger partial charge in [0.1, 0.15) is 5.04 Å². The second kappa shape index (κ2) is 8.88. The van der Waals surface area contributed by atoms with Crippen molar-refractivity contribution in [3.05, 3.63) is 41.2 Å². The number of nitrogens with one attached hydrogen (secondary N) is 3. The predicted octanol–water partition coefficient (Wildman–Crippen LogP) is 2.99. The lowest BCUT2D eigenvalue weighted by atomic mass is 10.1. The molecule has 1 aromatic heterocycles. The predicted molar refractivity (Wildman–Crippen MR) is 111 cm³/mol. The molecule has 0 aliphatic carbocycles. The second-order valence-electron chi connectivity index (χ2n) is 6.62. The molecule has 144 valence electrons. The molecule has 0 spiro atoms. The van der Waals surface area contributed by atoms with Gasteiger partial charge in [0.2, 0.25) is 0 Å². The maximum atomic E-state index is 8.39. The van der Waals surface area contributed by atoms with E-state index in [4.69, 9.17) is 27.2 Å². The smallest absolute Gasteiger partial charge is 0.162 e. The molecule has 0 saturated carbocycles. The minimum atomic E-state index is 0.0710. The number of hydrogen-bond acceptors (Lipinski definition) is 6. The number of aromatic nitrogens is 2. The largest absolute Gasteiger partial charge is 0.373 e. The van der Waals surface area contributed by atoms with E-state index in [1.807, 2.05) is 37.2 Å². The summed E-state index contributed by atoms with van der Waals surface area (Å²) in [5.41, 5.74) is 2.50. The van der Waals surface area contributed by atoms with Crippen molar-refractivity contribution in [3.8, 4) is 11.1 Å². The lowest BCUT2D eigenvalue weighted by Gasteiger charge is -2.35. The van der Waals surface area contributed by atoms with Crippen molar-refractivity contribution < 1.29 is 4.74 Å². The fourth-order valence-corrected chi connectivity index (χ4v) is 4.03. The molecule has 0 bridgehead atoms. The van der Waals surface area contributed by atoms with Crippen LogP contribution in [0.3, 0.4) is 0 Å². The summed E-state index contributed by atoms with van der Waals surface area (Å²) in [7, 11) is 4.01. The van der Waals surface area contributed by atoms with Gasteiger partial charge in [0.25, 0.3) is 0 Å². The van der Waals surface area contributed by atoms with E-state index in [9.17, 15) is 0 Å². The molecule has 3 N–H and O–H groups in total. The number of nitrogens with zero attached hydrogens (tertiary/aromatic N) is 3. The summed E-state index contributed by atoms with van der Waals surface area (Å²) < 4.78 is 5.75. The summed E-state index contributed by atoms with van der Waals surface area (Å²) in [6.07, 6.45) is 3.59. The van der Waals surface area contributed by atoms with Crippen molar-refractivity contribution in [3.63, 3.8) is 0 Å². The Morgan fingerprint density at radius 1 is 1.41 bits per heavy atom. The van der Waals surface area contributed by atoms with Crippen molar-refractivity contribution in [1.29, 1.82) is 10.8 Å². The summed E-state index contributed by atoms with van der Waals surface area (Å²) in [6.45, 7) is 2.72. The summed E-state index contributed by atoms with van der Waals surface area (Å²) in [5, 5.41) is 24.6. The number of amidine groups is 1. The molecule has 1 aromatic carbocycles. The molecule has 0 radical (unpaired) electrons. The van der Waals surface area contributed by atoms with Gasteiger partial charge >= 0.3 is 0 Å². The van der Waals surface area contributed by atoms with Crippen molar-refractivity contribution in [2.45, 2.75) is 6.10 Å². The lowest BCUT2D eigenvalue weighted by Crippen LogP contribution is -2.48. The van der Waals surface area contributed by atoms with E-state index in [2.05, 4.69) is 15.1 Å². The van der Waals surface area contributed by atoms with Gasteiger partial charge in [0.05, 0.1) is 23.9 Å². The normalized spacial score (nSPS) is 17.3. The minimum absolute atomic E-state index is 0.0710. The SMILES string of the molecule is CN(C)CC1CN(C(=N)SC(=N)c2ccc(-c3cn[nH]c3)cc2Cl)CCO1. The van der Waals surface area contributed by atoms with Crippen LogP contribution in [0.2, 0.25) is 5.02 Å². The Labute approximate surface area is 168 Å². The molecule has 3 rings (SSSR count). The van der Waals surface area contributed by atoms with Gasteiger partial charge in [-0.3, -0.25) is 15.9 Å². The topological polar surface area (TPSA) is 92.1 Å². The zero-order chi connectivity index (χ0) is 19.4. The number of halogens is 1.